The maximum absolute atomic E-state index is 13.1. The summed E-state index contributed by atoms with van der Waals surface area (Å²) in [7, 11) is 0. The van der Waals surface area contributed by atoms with Crippen molar-refractivity contribution in [2.24, 2.45) is 5.92 Å². The van der Waals surface area contributed by atoms with E-state index < -0.39 is 0 Å². The lowest BCUT2D eigenvalue weighted by Crippen LogP contribution is -2.48. The molecular weight excluding hydrogens is 363 g/mol. The van der Waals surface area contributed by atoms with Crippen LogP contribution in [0.5, 0.6) is 0 Å². The van der Waals surface area contributed by atoms with E-state index in [1.807, 2.05) is 17.0 Å². The first-order valence-corrected chi connectivity index (χ1v) is 10.4. The van der Waals surface area contributed by atoms with Crippen LogP contribution in [0.4, 0.5) is 4.39 Å². The average molecular weight is 388 g/mol. The summed E-state index contributed by atoms with van der Waals surface area (Å²) < 4.78 is 13.1. The number of benzene rings is 3. The topological polar surface area (TPSA) is 23.6 Å². The summed E-state index contributed by atoms with van der Waals surface area (Å²) in [5.74, 6) is 0.380. The Bertz CT molecular complexity index is 1020. The minimum Gasteiger partial charge on any atom is -0.340 e. The molecule has 1 aliphatic heterocycles. The summed E-state index contributed by atoms with van der Waals surface area (Å²) in [4.78, 5) is 17.3. The number of halogens is 1. The van der Waals surface area contributed by atoms with Crippen molar-refractivity contribution in [3.63, 3.8) is 0 Å². The van der Waals surface area contributed by atoms with Gasteiger partial charge in [0.15, 0.2) is 0 Å². The molecule has 0 radical (unpaired) electrons. The Labute approximate surface area is 170 Å². The molecule has 4 heteroatoms. The zero-order valence-electron chi connectivity index (χ0n) is 16.4. The van der Waals surface area contributed by atoms with Gasteiger partial charge in [0, 0.05) is 38.6 Å². The number of rotatable bonds is 4. The quantitative estimate of drug-likeness (QED) is 0.660. The molecule has 0 aromatic heterocycles. The van der Waals surface area contributed by atoms with Crippen LogP contribution in [-0.2, 0) is 11.3 Å². The lowest BCUT2D eigenvalue weighted by atomic mass is 10.0. The molecule has 2 atom stereocenters. The van der Waals surface area contributed by atoms with Gasteiger partial charge in [0.2, 0.25) is 5.91 Å². The van der Waals surface area contributed by atoms with E-state index in [9.17, 15) is 9.18 Å². The molecule has 148 valence electrons. The smallest absolute Gasteiger partial charge is 0.226 e. The summed E-state index contributed by atoms with van der Waals surface area (Å²) in [6.45, 7) is 4.31. The predicted octanol–water partition coefficient (Wildman–Crippen LogP) is 4.43. The zero-order chi connectivity index (χ0) is 19.8. The number of fused-ring (bicyclic) bond motifs is 1. The minimum atomic E-state index is -0.223. The van der Waals surface area contributed by atoms with Gasteiger partial charge in [-0.2, -0.15) is 0 Å². The molecule has 1 amide bonds. The minimum absolute atomic E-state index is 0.0741. The van der Waals surface area contributed by atoms with Gasteiger partial charge < -0.3 is 4.90 Å². The fourth-order valence-electron chi connectivity index (χ4n) is 4.58. The van der Waals surface area contributed by atoms with Gasteiger partial charge >= 0.3 is 0 Å². The van der Waals surface area contributed by atoms with Crippen LogP contribution in [0.25, 0.3) is 10.8 Å². The fraction of sp³-hybridized carbons (Fsp3) is 0.320. The van der Waals surface area contributed by atoms with Crippen molar-refractivity contribution in [3.05, 3.63) is 83.7 Å². The van der Waals surface area contributed by atoms with Gasteiger partial charge in [0.1, 0.15) is 5.82 Å². The number of hydrogen-bond donors (Lipinski definition) is 0. The van der Waals surface area contributed by atoms with Crippen molar-refractivity contribution in [3.8, 4) is 0 Å². The number of carbonyl (C=O) groups excluding carboxylic acids is 1. The Morgan fingerprint density at radius 1 is 0.897 bits per heavy atom. The second kappa shape index (κ2) is 7.60. The van der Waals surface area contributed by atoms with Crippen LogP contribution in [0.1, 0.15) is 23.5 Å². The maximum Gasteiger partial charge on any atom is 0.226 e. The Kier molecular flexibility index (Phi) is 4.80. The second-order valence-electron chi connectivity index (χ2n) is 8.24. The van der Waals surface area contributed by atoms with E-state index in [1.165, 1.54) is 28.5 Å². The zero-order valence-corrected chi connectivity index (χ0v) is 16.4. The van der Waals surface area contributed by atoms with Gasteiger partial charge in [-0.25, -0.2) is 4.39 Å². The van der Waals surface area contributed by atoms with Crippen LogP contribution in [0.3, 0.4) is 0 Å². The van der Waals surface area contributed by atoms with Crippen molar-refractivity contribution in [1.29, 1.82) is 0 Å². The van der Waals surface area contributed by atoms with Crippen LogP contribution in [0.15, 0.2) is 66.7 Å². The van der Waals surface area contributed by atoms with Crippen LogP contribution in [0.2, 0.25) is 0 Å². The molecule has 2 aliphatic rings. The molecule has 3 nitrogen and oxygen atoms in total. The van der Waals surface area contributed by atoms with Crippen LogP contribution >= 0.6 is 0 Å². The van der Waals surface area contributed by atoms with Crippen molar-refractivity contribution in [2.45, 2.75) is 18.9 Å². The molecule has 2 fully saturated rings. The SMILES string of the molecule is O=C(C1CC1c1ccc(F)cc1)N1CCN(Cc2cccc3ccccc23)CC1. The molecule has 2 unspecified atom stereocenters. The van der Waals surface area contributed by atoms with Crippen molar-refractivity contribution in [2.75, 3.05) is 26.2 Å². The Morgan fingerprint density at radius 3 is 2.41 bits per heavy atom. The lowest BCUT2D eigenvalue weighted by Gasteiger charge is -2.35. The summed E-state index contributed by atoms with van der Waals surface area (Å²) in [6.07, 6.45) is 0.890. The third kappa shape index (κ3) is 3.77. The first kappa shape index (κ1) is 18.3. The monoisotopic (exact) mass is 388 g/mol. The van der Waals surface area contributed by atoms with E-state index >= 15 is 0 Å². The third-order valence-electron chi connectivity index (χ3n) is 6.36. The van der Waals surface area contributed by atoms with Gasteiger partial charge in [-0.3, -0.25) is 9.69 Å². The molecule has 3 aromatic rings. The van der Waals surface area contributed by atoms with E-state index in [1.54, 1.807) is 0 Å². The van der Waals surface area contributed by atoms with Gasteiger partial charge in [-0.05, 0) is 46.4 Å². The highest BCUT2D eigenvalue weighted by atomic mass is 19.1. The summed E-state index contributed by atoms with van der Waals surface area (Å²) >= 11 is 0. The van der Waals surface area contributed by atoms with E-state index in [0.717, 1.165) is 44.7 Å². The molecule has 1 saturated heterocycles. The molecule has 29 heavy (non-hydrogen) atoms. The molecular formula is C25H25FN2O. The number of piperazine rings is 1. The standard InChI is InChI=1S/C25H25FN2O/c26-21-10-8-19(9-11-21)23-16-24(23)25(29)28-14-12-27(13-15-28)17-20-6-3-5-18-4-1-2-7-22(18)20/h1-11,23-24H,12-17H2. The predicted molar refractivity (Wildman–Crippen MR) is 113 cm³/mol. The molecule has 1 heterocycles. The molecule has 1 saturated carbocycles. The summed E-state index contributed by atoms with van der Waals surface area (Å²) in [5.41, 5.74) is 2.43. The van der Waals surface area contributed by atoms with Crippen LogP contribution in [0, 0.1) is 11.7 Å². The number of carbonyl (C=O) groups is 1. The average Bonchev–Trinajstić information content (AvgIpc) is 3.55. The van der Waals surface area contributed by atoms with Gasteiger partial charge in [-0.15, -0.1) is 0 Å². The third-order valence-corrected chi connectivity index (χ3v) is 6.36. The van der Waals surface area contributed by atoms with Crippen molar-refractivity contribution >= 4 is 16.7 Å². The van der Waals surface area contributed by atoms with Crippen LogP contribution < -0.4 is 0 Å². The maximum atomic E-state index is 13.1. The highest BCUT2D eigenvalue weighted by molar-refractivity contribution is 5.85. The second-order valence-corrected chi connectivity index (χ2v) is 8.24. The Hall–Kier alpha value is -2.72. The highest BCUT2D eigenvalue weighted by Gasteiger charge is 2.46. The Morgan fingerprint density at radius 2 is 1.62 bits per heavy atom. The van der Waals surface area contributed by atoms with E-state index in [4.69, 9.17) is 0 Å². The molecule has 3 aromatic carbocycles. The molecule has 1 aliphatic carbocycles. The molecule has 0 spiro atoms. The van der Waals surface area contributed by atoms with E-state index in [0.29, 0.717) is 0 Å². The summed E-state index contributed by atoms with van der Waals surface area (Å²) in [6, 6.07) is 21.6. The van der Waals surface area contributed by atoms with E-state index in [-0.39, 0.29) is 23.6 Å². The van der Waals surface area contributed by atoms with Crippen molar-refractivity contribution in [1.82, 2.24) is 9.80 Å². The molecule has 0 N–H and O–H groups in total. The first-order valence-electron chi connectivity index (χ1n) is 10.4. The highest BCUT2D eigenvalue weighted by Crippen LogP contribution is 2.48. The van der Waals surface area contributed by atoms with Crippen LogP contribution in [-0.4, -0.2) is 41.9 Å². The largest absolute Gasteiger partial charge is 0.340 e. The molecule has 0 bridgehead atoms. The van der Waals surface area contributed by atoms with Gasteiger partial charge in [0.25, 0.3) is 0 Å². The Balaban J connectivity index is 1.18. The van der Waals surface area contributed by atoms with Gasteiger partial charge in [0.05, 0.1) is 0 Å². The fourth-order valence-corrected chi connectivity index (χ4v) is 4.58. The number of amides is 1. The number of nitrogens with zero attached hydrogens (tertiary/aromatic N) is 2. The molecule has 5 rings (SSSR count). The first-order chi connectivity index (χ1) is 14.2. The van der Waals surface area contributed by atoms with E-state index in [2.05, 4.69) is 47.4 Å². The van der Waals surface area contributed by atoms with Gasteiger partial charge in [-0.1, -0.05) is 54.6 Å². The normalized spacial score (nSPS) is 22.0. The lowest BCUT2D eigenvalue weighted by molar-refractivity contribution is -0.134. The summed E-state index contributed by atoms with van der Waals surface area (Å²) in [5, 5.41) is 2.59. The van der Waals surface area contributed by atoms with Crippen molar-refractivity contribution < 1.29 is 9.18 Å². The number of hydrogen-bond acceptors (Lipinski definition) is 2.